The first-order valence-electron chi connectivity index (χ1n) is 7.53. The molecule has 2 aliphatic heterocycles. The van der Waals surface area contributed by atoms with Gasteiger partial charge in [-0.15, -0.1) is 0 Å². The molecule has 2 saturated heterocycles. The summed E-state index contributed by atoms with van der Waals surface area (Å²) in [7, 11) is 0. The molecule has 8 heteroatoms. The Balaban J connectivity index is 1.59. The molecule has 8 nitrogen and oxygen atoms in total. The average molecular weight is 310 g/mol. The summed E-state index contributed by atoms with van der Waals surface area (Å²) in [6.07, 6.45) is -0.162. The molecule has 0 radical (unpaired) electrons. The molecule has 2 heterocycles. The number of ether oxygens (including phenoxy) is 4. The van der Waals surface area contributed by atoms with Gasteiger partial charge in [0, 0.05) is 39.0 Å². The van der Waals surface area contributed by atoms with Crippen molar-refractivity contribution in [3.63, 3.8) is 0 Å². The second-order valence-corrected chi connectivity index (χ2v) is 5.14. The summed E-state index contributed by atoms with van der Waals surface area (Å²) in [5.41, 5.74) is 0. The minimum absolute atomic E-state index is 0.0521. The van der Waals surface area contributed by atoms with E-state index in [-0.39, 0.29) is 12.2 Å². The summed E-state index contributed by atoms with van der Waals surface area (Å²) < 4.78 is 22.6. The van der Waals surface area contributed by atoms with Crippen LogP contribution < -0.4 is 10.6 Å². The molecule has 4 unspecified atom stereocenters. The number of nitrogens with one attached hydrogen (secondary N) is 2. The van der Waals surface area contributed by atoms with E-state index in [9.17, 15) is 0 Å². The Morgan fingerprint density at radius 3 is 1.68 bits per heavy atom. The monoisotopic (exact) mass is 310 g/mol. The van der Waals surface area contributed by atoms with Crippen LogP contribution in [0, 0.1) is 22.7 Å². The van der Waals surface area contributed by atoms with Crippen LogP contribution in [0.3, 0.4) is 0 Å². The molecular weight excluding hydrogens is 288 g/mol. The highest BCUT2D eigenvalue weighted by Crippen LogP contribution is 2.22. The van der Waals surface area contributed by atoms with Crippen LogP contribution in [0.2, 0.25) is 0 Å². The lowest BCUT2D eigenvalue weighted by Crippen LogP contribution is -2.34. The van der Waals surface area contributed by atoms with Gasteiger partial charge in [-0.25, -0.2) is 0 Å². The van der Waals surface area contributed by atoms with E-state index >= 15 is 0 Å². The Bertz CT molecular complexity index is 371. The predicted octanol–water partition coefficient (Wildman–Crippen LogP) is -0.524. The van der Waals surface area contributed by atoms with Crippen molar-refractivity contribution < 1.29 is 18.9 Å². The standard InChI is InChI=1S/C14H22N4O4/c15-3-1-5-17-7-11-9-19-13(21-11)14-20-10-12(22-14)8-18-6-2-4-16/h11-14,17-18H,1-2,5-10H2. The Morgan fingerprint density at radius 1 is 0.818 bits per heavy atom. The number of nitrogens with zero attached hydrogens (tertiary/aromatic N) is 2. The largest absolute Gasteiger partial charge is 0.345 e. The molecule has 0 aromatic rings. The summed E-state index contributed by atoms with van der Waals surface area (Å²) in [6.45, 7) is 3.55. The third-order valence-electron chi connectivity index (χ3n) is 3.34. The molecule has 2 rings (SSSR count). The first-order chi connectivity index (χ1) is 10.8. The van der Waals surface area contributed by atoms with Gasteiger partial charge in [0.15, 0.2) is 0 Å². The van der Waals surface area contributed by atoms with E-state index in [1.165, 1.54) is 0 Å². The minimum Gasteiger partial charge on any atom is -0.345 e. The minimum atomic E-state index is -0.508. The van der Waals surface area contributed by atoms with Gasteiger partial charge in [-0.3, -0.25) is 0 Å². The van der Waals surface area contributed by atoms with Gasteiger partial charge in [-0.2, -0.15) is 10.5 Å². The number of nitriles is 2. The van der Waals surface area contributed by atoms with E-state index < -0.39 is 12.6 Å². The maximum Gasteiger partial charge on any atom is 0.209 e. The van der Waals surface area contributed by atoms with Crippen molar-refractivity contribution in [3.8, 4) is 12.1 Å². The smallest absolute Gasteiger partial charge is 0.209 e. The van der Waals surface area contributed by atoms with E-state index in [0.29, 0.717) is 52.2 Å². The Morgan fingerprint density at radius 2 is 1.27 bits per heavy atom. The number of hydrogen-bond donors (Lipinski definition) is 2. The van der Waals surface area contributed by atoms with Gasteiger partial charge in [0.1, 0.15) is 0 Å². The van der Waals surface area contributed by atoms with Crippen LogP contribution in [-0.2, 0) is 18.9 Å². The molecule has 0 aromatic heterocycles. The lowest BCUT2D eigenvalue weighted by Gasteiger charge is -2.17. The summed E-state index contributed by atoms with van der Waals surface area (Å²) >= 11 is 0. The number of rotatable bonds is 9. The molecule has 0 spiro atoms. The van der Waals surface area contributed by atoms with Crippen molar-refractivity contribution in [2.45, 2.75) is 37.6 Å². The fourth-order valence-electron chi connectivity index (χ4n) is 2.26. The van der Waals surface area contributed by atoms with Crippen LogP contribution in [0.15, 0.2) is 0 Å². The molecule has 0 aliphatic carbocycles. The van der Waals surface area contributed by atoms with Gasteiger partial charge in [0.2, 0.25) is 12.6 Å². The van der Waals surface area contributed by atoms with E-state index in [0.717, 1.165) is 0 Å². The fraction of sp³-hybridized carbons (Fsp3) is 0.857. The van der Waals surface area contributed by atoms with Crippen molar-refractivity contribution in [3.05, 3.63) is 0 Å². The Hall–Kier alpha value is -1.26. The first kappa shape index (κ1) is 17.1. The van der Waals surface area contributed by atoms with Crippen LogP contribution in [0.25, 0.3) is 0 Å². The van der Waals surface area contributed by atoms with Crippen molar-refractivity contribution in [2.75, 3.05) is 39.4 Å². The molecule has 0 bridgehead atoms. The van der Waals surface area contributed by atoms with Crippen molar-refractivity contribution in [2.24, 2.45) is 0 Å². The van der Waals surface area contributed by atoms with Crippen molar-refractivity contribution >= 4 is 0 Å². The van der Waals surface area contributed by atoms with Crippen LogP contribution in [0.5, 0.6) is 0 Å². The number of hydrogen-bond acceptors (Lipinski definition) is 8. The maximum atomic E-state index is 8.46. The van der Waals surface area contributed by atoms with Gasteiger partial charge in [0.25, 0.3) is 0 Å². The summed E-state index contributed by atoms with van der Waals surface area (Å²) in [6, 6.07) is 4.16. The molecule has 4 atom stereocenters. The van der Waals surface area contributed by atoms with Gasteiger partial charge in [-0.05, 0) is 0 Å². The lowest BCUT2D eigenvalue weighted by molar-refractivity contribution is -0.212. The van der Waals surface area contributed by atoms with Gasteiger partial charge in [0.05, 0.1) is 37.6 Å². The molecule has 2 N–H and O–H groups in total. The highest BCUT2D eigenvalue weighted by Gasteiger charge is 2.39. The van der Waals surface area contributed by atoms with Crippen LogP contribution in [0.4, 0.5) is 0 Å². The summed E-state index contributed by atoms with van der Waals surface area (Å²) in [5.74, 6) is 0. The zero-order chi connectivity index (χ0) is 15.6. The van der Waals surface area contributed by atoms with Gasteiger partial charge >= 0.3 is 0 Å². The molecule has 2 fully saturated rings. The van der Waals surface area contributed by atoms with Gasteiger partial charge in [-0.1, -0.05) is 0 Å². The van der Waals surface area contributed by atoms with Crippen molar-refractivity contribution in [1.29, 1.82) is 10.5 Å². The van der Waals surface area contributed by atoms with Gasteiger partial charge < -0.3 is 29.6 Å². The fourth-order valence-corrected chi connectivity index (χ4v) is 2.26. The van der Waals surface area contributed by atoms with Crippen LogP contribution >= 0.6 is 0 Å². The van der Waals surface area contributed by atoms with E-state index in [2.05, 4.69) is 22.8 Å². The second kappa shape index (κ2) is 9.70. The van der Waals surface area contributed by atoms with Crippen LogP contribution in [0.1, 0.15) is 12.8 Å². The normalized spacial score (nSPS) is 31.0. The third kappa shape index (κ3) is 5.50. The Labute approximate surface area is 130 Å². The summed E-state index contributed by atoms with van der Waals surface area (Å²) in [4.78, 5) is 0. The van der Waals surface area contributed by atoms with Crippen molar-refractivity contribution in [1.82, 2.24) is 10.6 Å². The third-order valence-corrected chi connectivity index (χ3v) is 3.34. The molecule has 0 saturated carbocycles. The molecule has 22 heavy (non-hydrogen) atoms. The maximum absolute atomic E-state index is 8.46. The molecule has 2 aliphatic rings. The highest BCUT2D eigenvalue weighted by atomic mass is 16.8. The van der Waals surface area contributed by atoms with E-state index in [1.807, 2.05) is 0 Å². The Kier molecular flexibility index (Phi) is 7.54. The predicted molar refractivity (Wildman–Crippen MR) is 75.4 cm³/mol. The average Bonchev–Trinajstić information content (AvgIpc) is 3.17. The highest BCUT2D eigenvalue weighted by molar-refractivity contribution is 4.77. The molecular formula is C14H22N4O4. The second-order valence-electron chi connectivity index (χ2n) is 5.14. The SMILES string of the molecule is N#CCCNCC1COC(C2OCC(CNCCC#N)O2)O1. The van der Waals surface area contributed by atoms with E-state index in [1.54, 1.807) is 0 Å². The first-order valence-corrected chi connectivity index (χ1v) is 7.53. The van der Waals surface area contributed by atoms with E-state index in [4.69, 9.17) is 29.5 Å². The quantitative estimate of drug-likeness (QED) is 0.547. The topological polar surface area (TPSA) is 109 Å². The molecule has 0 aromatic carbocycles. The molecule has 122 valence electrons. The lowest BCUT2D eigenvalue weighted by atomic mass is 10.3. The summed E-state index contributed by atoms with van der Waals surface area (Å²) in [5, 5.41) is 23.2. The zero-order valence-corrected chi connectivity index (χ0v) is 12.5. The zero-order valence-electron chi connectivity index (χ0n) is 12.5. The molecule has 0 amide bonds. The van der Waals surface area contributed by atoms with Crippen LogP contribution in [-0.4, -0.2) is 64.2 Å².